The number of nitrogens with zero attached hydrogens (tertiary/aromatic N) is 1. The molecule has 1 N–H and O–H groups in total. The van der Waals surface area contributed by atoms with E-state index in [4.69, 9.17) is 11.6 Å². The highest BCUT2D eigenvalue weighted by Crippen LogP contribution is 2.25. The predicted octanol–water partition coefficient (Wildman–Crippen LogP) is 4.36. The van der Waals surface area contributed by atoms with Crippen molar-refractivity contribution in [3.05, 3.63) is 57.2 Å². The number of amides is 1. The first kappa shape index (κ1) is 16.5. The van der Waals surface area contributed by atoms with Gasteiger partial charge >= 0.3 is 0 Å². The van der Waals surface area contributed by atoms with Crippen molar-refractivity contribution in [1.29, 1.82) is 0 Å². The molecule has 1 atom stereocenters. The van der Waals surface area contributed by atoms with Crippen LogP contribution < -0.4 is 5.32 Å². The van der Waals surface area contributed by atoms with E-state index in [0.29, 0.717) is 6.54 Å². The number of hydrogen-bond donors (Lipinski definition) is 1. The molecule has 1 aliphatic heterocycles. The van der Waals surface area contributed by atoms with Crippen molar-refractivity contribution in [2.24, 2.45) is 0 Å². The SMILES string of the molecule is O=C(NC[C@H](c1ccc(Cl)cc1)N1CCCCC1)c1cccs1. The van der Waals surface area contributed by atoms with Gasteiger partial charge in [0, 0.05) is 11.6 Å². The normalized spacial score (nSPS) is 16.9. The molecule has 0 radical (unpaired) electrons. The molecule has 0 spiro atoms. The lowest BCUT2D eigenvalue weighted by Gasteiger charge is -2.35. The lowest BCUT2D eigenvalue weighted by atomic mass is 10.0. The standard InChI is InChI=1S/C18H21ClN2OS/c19-15-8-6-14(7-9-15)16(21-10-2-1-3-11-21)13-20-18(22)17-5-4-12-23-17/h4-9,12,16H,1-3,10-11,13H2,(H,20,22)/t16-/m1/s1. The van der Waals surface area contributed by atoms with E-state index >= 15 is 0 Å². The number of carbonyl (C=O) groups excluding carboxylic acids is 1. The van der Waals surface area contributed by atoms with E-state index in [1.807, 2.05) is 29.6 Å². The lowest BCUT2D eigenvalue weighted by Crippen LogP contribution is -2.40. The highest BCUT2D eigenvalue weighted by atomic mass is 35.5. The molecule has 1 fully saturated rings. The van der Waals surface area contributed by atoms with Gasteiger partial charge in [-0.3, -0.25) is 9.69 Å². The Labute approximate surface area is 146 Å². The molecule has 1 amide bonds. The third kappa shape index (κ3) is 4.34. The zero-order valence-corrected chi connectivity index (χ0v) is 14.6. The van der Waals surface area contributed by atoms with Crippen LogP contribution in [0.15, 0.2) is 41.8 Å². The summed E-state index contributed by atoms with van der Waals surface area (Å²) >= 11 is 7.49. The Morgan fingerprint density at radius 2 is 1.91 bits per heavy atom. The van der Waals surface area contributed by atoms with Crippen molar-refractivity contribution in [2.75, 3.05) is 19.6 Å². The summed E-state index contributed by atoms with van der Waals surface area (Å²) in [7, 11) is 0. The summed E-state index contributed by atoms with van der Waals surface area (Å²) in [6.45, 7) is 2.79. The zero-order chi connectivity index (χ0) is 16.1. The van der Waals surface area contributed by atoms with Crippen LogP contribution in [-0.4, -0.2) is 30.4 Å². The van der Waals surface area contributed by atoms with Crippen LogP contribution in [0.25, 0.3) is 0 Å². The van der Waals surface area contributed by atoms with Crippen LogP contribution in [0.3, 0.4) is 0 Å². The van der Waals surface area contributed by atoms with Crippen LogP contribution in [0.2, 0.25) is 5.02 Å². The highest BCUT2D eigenvalue weighted by Gasteiger charge is 2.23. The predicted molar refractivity (Wildman–Crippen MR) is 96.3 cm³/mol. The van der Waals surface area contributed by atoms with Gasteiger partial charge < -0.3 is 5.32 Å². The number of nitrogens with one attached hydrogen (secondary N) is 1. The van der Waals surface area contributed by atoms with Crippen LogP contribution in [0.1, 0.15) is 40.5 Å². The second kappa shape index (κ2) is 7.95. The maximum absolute atomic E-state index is 12.2. The molecule has 2 aromatic rings. The van der Waals surface area contributed by atoms with Gasteiger partial charge in [-0.15, -0.1) is 11.3 Å². The Balaban J connectivity index is 1.72. The first-order valence-corrected chi connectivity index (χ1v) is 9.31. The van der Waals surface area contributed by atoms with Gasteiger partial charge in [-0.05, 0) is 55.1 Å². The Morgan fingerprint density at radius 3 is 2.57 bits per heavy atom. The second-order valence-electron chi connectivity index (χ2n) is 5.85. The minimum atomic E-state index is 0.0102. The van der Waals surface area contributed by atoms with Crippen molar-refractivity contribution < 1.29 is 4.79 Å². The fourth-order valence-corrected chi connectivity index (χ4v) is 3.82. The van der Waals surface area contributed by atoms with E-state index in [-0.39, 0.29) is 11.9 Å². The van der Waals surface area contributed by atoms with E-state index in [2.05, 4.69) is 22.3 Å². The minimum absolute atomic E-state index is 0.0102. The van der Waals surface area contributed by atoms with Gasteiger partial charge in [0.05, 0.1) is 10.9 Å². The monoisotopic (exact) mass is 348 g/mol. The molecule has 1 aromatic carbocycles. The van der Waals surface area contributed by atoms with Crippen molar-refractivity contribution in [3.63, 3.8) is 0 Å². The number of carbonyl (C=O) groups is 1. The molecule has 23 heavy (non-hydrogen) atoms. The third-order valence-corrected chi connectivity index (χ3v) is 5.41. The fraction of sp³-hybridized carbons (Fsp3) is 0.389. The van der Waals surface area contributed by atoms with Crippen molar-refractivity contribution in [3.8, 4) is 0 Å². The van der Waals surface area contributed by atoms with Gasteiger partial charge in [-0.1, -0.05) is 36.2 Å². The molecule has 2 heterocycles. The number of likely N-dealkylation sites (tertiary alicyclic amines) is 1. The van der Waals surface area contributed by atoms with Gasteiger partial charge in [0.15, 0.2) is 0 Å². The number of thiophene rings is 1. The van der Waals surface area contributed by atoms with Crippen LogP contribution in [-0.2, 0) is 0 Å². The Bertz CT molecular complexity index is 621. The van der Waals surface area contributed by atoms with Crippen molar-refractivity contribution in [1.82, 2.24) is 10.2 Å². The molecule has 3 rings (SSSR count). The topological polar surface area (TPSA) is 32.3 Å². The number of hydrogen-bond acceptors (Lipinski definition) is 3. The molecule has 0 aliphatic carbocycles. The summed E-state index contributed by atoms with van der Waals surface area (Å²) in [6.07, 6.45) is 3.75. The number of rotatable bonds is 5. The van der Waals surface area contributed by atoms with Gasteiger partial charge in [-0.25, -0.2) is 0 Å². The number of benzene rings is 1. The number of halogens is 1. The maximum atomic E-state index is 12.2. The summed E-state index contributed by atoms with van der Waals surface area (Å²) in [6, 6.07) is 12.0. The summed E-state index contributed by atoms with van der Waals surface area (Å²) in [4.78, 5) is 15.5. The molecular formula is C18H21ClN2OS. The van der Waals surface area contributed by atoms with E-state index in [0.717, 1.165) is 23.0 Å². The van der Waals surface area contributed by atoms with Gasteiger partial charge in [0.2, 0.25) is 0 Å². The molecule has 3 nitrogen and oxygen atoms in total. The molecular weight excluding hydrogens is 328 g/mol. The van der Waals surface area contributed by atoms with Crippen molar-refractivity contribution >= 4 is 28.8 Å². The van der Waals surface area contributed by atoms with E-state index in [1.165, 1.54) is 36.2 Å². The quantitative estimate of drug-likeness (QED) is 0.870. The smallest absolute Gasteiger partial charge is 0.261 e. The Morgan fingerprint density at radius 1 is 1.17 bits per heavy atom. The van der Waals surface area contributed by atoms with Gasteiger partial charge in [0.1, 0.15) is 0 Å². The molecule has 1 aliphatic rings. The summed E-state index contributed by atoms with van der Waals surface area (Å²) in [5.74, 6) is 0.0102. The van der Waals surface area contributed by atoms with Crippen molar-refractivity contribution in [2.45, 2.75) is 25.3 Å². The zero-order valence-electron chi connectivity index (χ0n) is 13.0. The average molecular weight is 349 g/mol. The first-order chi connectivity index (χ1) is 11.2. The summed E-state index contributed by atoms with van der Waals surface area (Å²) in [5, 5.41) is 5.76. The highest BCUT2D eigenvalue weighted by molar-refractivity contribution is 7.12. The summed E-state index contributed by atoms with van der Waals surface area (Å²) in [5.41, 5.74) is 1.21. The van der Waals surface area contributed by atoms with Crippen LogP contribution in [0, 0.1) is 0 Å². The Hall–Kier alpha value is -1.36. The molecule has 5 heteroatoms. The average Bonchev–Trinajstić information content (AvgIpc) is 3.12. The van der Waals surface area contributed by atoms with E-state index in [1.54, 1.807) is 0 Å². The molecule has 0 unspecified atom stereocenters. The third-order valence-electron chi connectivity index (χ3n) is 4.29. The van der Waals surface area contributed by atoms with E-state index < -0.39 is 0 Å². The number of piperidine rings is 1. The second-order valence-corrected chi connectivity index (χ2v) is 7.24. The van der Waals surface area contributed by atoms with Crippen LogP contribution in [0.4, 0.5) is 0 Å². The molecule has 0 bridgehead atoms. The van der Waals surface area contributed by atoms with Crippen LogP contribution in [0.5, 0.6) is 0 Å². The first-order valence-electron chi connectivity index (χ1n) is 8.05. The maximum Gasteiger partial charge on any atom is 0.261 e. The van der Waals surface area contributed by atoms with Crippen LogP contribution >= 0.6 is 22.9 Å². The Kier molecular flexibility index (Phi) is 5.70. The molecule has 1 aromatic heterocycles. The molecule has 122 valence electrons. The summed E-state index contributed by atoms with van der Waals surface area (Å²) < 4.78 is 0. The van der Waals surface area contributed by atoms with E-state index in [9.17, 15) is 4.79 Å². The lowest BCUT2D eigenvalue weighted by molar-refractivity contribution is 0.0928. The molecule has 1 saturated heterocycles. The van der Waals surface area contributed by atoms with Gasteiger partial charge in [-0.2, -0.15) is 0 Å². The molecule has 0 saturated carbocycles. The fourth-order valence-electron chi connectivity index (χ4n) is 3.06. The largest absolute Gasteiger partial charge is 0.349 e. The minimum Gasteiger partial charge on any atom is -0.349 e. The van der Waals surface area contributed by atoms with Gasteiger partial charge in [0.25, 0.3) is 5.91 Å².